The van der Waals surface area contributed by atoms with Crippen LogP contribution in [0.4, 0.5) is 11.4 Å². The maximum atomic E-state index is 12.5. The molecule has 0 saturated carbocycles. The van der Waals surface area contributed by atoms with Gasteiger partial charge >= 0.3 is 5.69 Å². The predicted octanol–water partition coefficient (Wildman–Crippen LogP) is 4.30. The first-order chi connectivity index (χ1) is 13.6. The van der Waals surface area contributed by atoms with Crippen molar-refractivity contribution in [2.75, 3.05) is 18.5 Å². The zero-order chi connectivity index (χ0) is 19.8. The molecule has 0 aliphatic rings. The summed E-state index contributed by atoms with van der Waals surface area (Å²) < 4.78 is 11.1. The number of nitro benzene ring substituents is 1. The molecule has 3 aromatic carbocycles. The standard InChI is InChI=1S/C21H18N2O5/c24-21(22-16-8-2-1-3-9-16)17-10-4-6-12-19(17)27-14-15-28-20-13-7-5-11-18(20)23(25)26/h1-13H,14-15H2,(H,22,24). The van der Waals surface area contributed by atoms with Crippen LogP contribution in [0.3, 0.4) is 0 Å². The molecule has 0 heterocycles. The van der Waals surface area contributed by atoms with Gasteiger partial charge in [0.05, 0.1) is 10.5 Å². The van der Waals surface area contributed by atoms with E-state index in [-0.39, 0.29) is 30.6 Å². The molecule has 142 valence electrons. The van der Waals surface area contributed by atoms with E-state index in [2.05, 4.69) is 5.32 Å². The van der Waals surface area contributed by atoms with Crippen LogP contribution in [0, 0.1) is 10.1 Å². The molecular formula is C21H18N2O5. The lowest BCUT2D eigenvalue weighted by atomic mass is 10.2. The molecule has 3 aromatic rings. The average Bonchev–Trinajstić information content (AvgIpc) is 2.72. The second-order valence-electron chi connectivity index (χ2n) is 5.74. The number of anilines is 1. The van der Waals surface area contributed by atoms with Gasteiger partial charge in [-0.2, -0.15) is 0 Å². The van der Waals surface area contributed by atoms with Gasteiger partial charge in [-0.3, -0.25) is 14.9 Å². The lowest BCUT2D eigenvalue weighted by Gasteiger charge is -2.12. The lowest BCUT2D eigenvalue weighted by molar-refractivity contribution is -0.385. The van der Waals surface area contributed by atoms with Gasteiger partial charge in [0.15, 0.2) is 5.75 Å². The van der Waals surface area contributed by atoms with Crippen molar-refractivity contribution >= 4 is 17.3 Å². The van der Waals surface area contributed by atoms with E-state index in [9.17, 15) is 14.9 Å². The van der Waals surface area contributed by atoms with Crippen molar-refractivity contribution in [3.63, 3.8) is 0 Å². The van der Waals surface area contributed by atoms with Crippen LogP contribution in [0.5, 0.6) is 11.5 Å². The second-order valence-corrected chi connectivity index (χ2v) is 5.74. The van der Waals surface area contributed by atoms with E-state index in [1.807, 2.05) is 18.2 Å². The summed E-state index contributed by atoms with van der Waals surface area (Å²) in [5, 5.41) is 13.8. The van der Waals surface area contributed by atoms with Crippen LogP contribution in [-0.2, 0) is 0 Å². The van der Waals surface area contributed by atoms with Crippen LogP contribution in [0.2, 0.25) is 0 Å². The Morgan fingerprint density at radius 2 is 1.39 bits per heavy atom. The van der Waals surface area contributed by atoms with Gasteiger partial charge in [0.1, 0.15) is 19.0 Å². The Hall–Kier alpha value is -3.87. The Morgan fingerprint density at radius 3 is 2.11 bits per heavy atom. The summed E-state index contributed by atoms with van der Waals surface area (Å²) in [7, 11) is 0. The predicted molar refractivity (Wildman–Crippen MR) is 105 cm³/mol. The molecule has 0 spiro atoms. The Balaban J connectivity index is 1.60. The van der Waals surface area contributed by atoms with Crippen LogP contribution < -0.4 is 14.8 Å². The van der Waals surface area contributed by atoms with Gasteiger partial charge in [0.2, 0.25) is 0 Å². The van der Waals surface area contributed by atoms with Crippen LogP contribution in [0.25, 0.3) is 0 Å². The van der Waals surface area contributed by atoms with E-state index >= 15 is 0 Å². The summed E-state index contributed by atoms with van der Waals surface area (Å²) in [4.78, 5) is 23.0. The highest BCUT2D eigenvalue weighted by Crippen LogP contribution is 2.26. The maximum Gasteiger partial charge on any atom is 0.310 e. The first-order valence-corrected chi connectivity index (χ1v) is 8.59. The number of para-hydroxylation sites is 4. The van der Waals surface area contributed by atoms with Crippen molar-refractivity contribution in [3.8, 4) is 11.5 Å². The fourth-order valence-electron chi connectivity index (χ4n) is 2.53. The summed E-state index contributed by atoms with van der Waals surface area (Å²) in [6, 6.07) is 22.1. The quantitative estimate of drug-likeness (QED) is 0.358. The molecule has 0 bridgehead atoms. The van der Waals surface area contributed by atoms with Crippen molar-refractivity contribution in [3.05, 3.63) is 94.5 Å². The van der Waals surface area contributed by atoms with E-state index in [0.717, 1.165) is 0 Å². The van der Waals surface area contributed by atoms with Gasteiger partial charge < -0.3 is 14.8 Å². The number of benzene rings is 3. The molecule has 0 aliphatic carbocycles. The molecule has 1 N–H and O–H groups in total. The van der Waals surface area contributed by atoms with E-state index < -0.39 is 4.92 Å². The van der Waals surface area contributed by atoms with Gasteiger partial charge in [-0.15, -0.1) is 0 Å². The molecule has 7 nitrogen and oxygen atoms in total. The first-order valence-electron chi connectivity index (χ1n) is 8.59. The third-order valence-corrected chi connectivity index (χ3v) is 3.82. The molecule has 3 rings (SSSR count). The third-order valence-electron chi connectivity index (χ3n) is 3.82. The van der Waals surface area contributed by atoms with Crippen molar-refractivity contribution in [2.24, 2.45) is 0 Å². The maximum absolute atomic E-state index is 12.5. The number of hydrogen-bond donors (Lipinski definition) is 1. The number of carbonyl (C=O) groups excluding carboxylic acids is 1. The van der Waals surface area contributed by atoms with Crippen LogP contribution in [0.15, 0.2) is 78.9 Å². The SMILES string of the molecule is O=C(Nc1ccccc1)c1ccccc1OCCOc1ccccc1[N+](=O)[O-]. The summed E-state index contributed by atoms with van der Waals surface area (Å²) in [6.45, 7) is 0.223. The number of hydrogen-bond acceptors (Lipinski definition) is 5. The molecule has 1 amide bonds. The minimum absolute atomic E-state index is 0.0967. The van der Waals surface area contributed by atoms with Gasteiger partial charge in [0, 0.05) is 11.8 Å². The average molecular weight is 378 g/mol. The second kappa shape index (κ2) is 9.18. The Labute approximate surface area is 161 Å². The lowest BCUT2D eigenvalue weighted by Crippen LogP contribution is -2.15. The van der Waals surface area contributed by atoms with Gasteiger partial charge in [-0.05, 0) is 30.3 Å². The number of nitro groups is 1. The molecule has 0 fully saturated rings. The summed E-state index contributed by atoms with van der Waals surface area (Å²) >= 11 is 0. The van der Waals surface area contributed by atoms with Gasteiger partial charge in [-0.1, -0.05) is 42.5 Å². The van der Waals surface area contributed by atoms with Gasteiger partial charge in [0.25, 0.3) is 5.91 Å². The van der Waals surface area contributed by atoms with E-state index in [0.29, 0.717) is 17.0 Å². The molecule has 7 heteroatoms. The number of ether oxygens (including phenoxy) is 2. The van der Waals surface area contributed by atoms with Gasteiger partial charge in [-0.25, -0.2) is 0 Å². The summed E-state index contributed by atoms with van der Waals surface area (Å²) in [5.41, 5.74) is 0.962. The molecular weight excluding hydrogens is 360 g/mol. The zero-order valence-electron chi connectivity index (χ0n) is 14.9. The molecule has 0 saturated heterocycles. The number of nitrogens with one attached hydrogen (secondary N) is 1. The number of amides is 1. The van der Waals surface area contributed by atoms with Crippen molar-refractivity contribution in [2.45, 2.75) is 0 Å². The topological polar surface area (TPSA) is 90.7 Å². The number of rotatable bonds is 8. The normalized spacial score (nSPS) is 10.1. The highest BCUT2D eigenvalue weighted by atomic mass is 16.6. The van der Waals surface area contributed by atoms with Crippen molar-refractivity contribution < 1.29 is 19.2 Å². The number of nitrogens with zero attached hydrogens (tertiary/aromatic N) is 1. The fourth-order valence-corrected chi connectivity index (χ4v) is 2.53. The minimum Gasteiger partial charge on any atom is -0.489 e. The summed E-state index contributed by atoms with van der Waals surface area (Å²) in [6.07, 6.45) is 0. The first kappa shape index (κ1) is 18.9. The van der Waals surface area contributed by atoms with E-state index in [4.69, 9.17) is 9.47 Å². The fraction of sp³-hybridized carbons (Fsp3) is 0.0952. The molecule has 28 heavy (non-hydrogen) atoms. The number of carbonyl (C=O) groups is 1. The monoisotopic (exact) mass is 378 g/mol. The zero-order valence-corrected chi connectivity index (χ0v) is 14.9. The van der Waals surface area contributed by atoms with Crippen molar-refractivity contribution in [1.29, 1.82) is 0 Å². The highest BCUT2D eigenvalue weighted by Gasteiger charge is 2.14. The summed E-state index contributed by atoms with van der Waals surface area (Å²) in [5.74, 6) is 0.287. The van der Waals surface area contributed by atoms with Crippen LogP contribution in [-0.4, -0.2) is 24.0 Å². The molecule has 0 aromatic heterocycles. The van der Waals surface area contributed by atoms with E-state index in [1.165, 1.54) is 12.1 Å². The molecule has 0 radical (unpaired) electrons. The highest BCUT2D eigenvalue weighted by molar-refractivity contribution is 6.06. The smallest absolute Gasteiger partial charge is 0.310 e. The Kier molecular flexibility index (Phi) is 6.20. The van der Waals surface area contributed by atoms with Crippen molar-refractivity contribution in [1.82, 2.24) is 0 Å². The molecule has 0 unspecified atom stereocenters. The largest absolute Gasteiger partial charge is 0.489 e. The van der Waals surface area contributed by atoms with Crippen LogP contribution >= 0.6 is 0 Å². The Morgan fingerprint density at radius 1 is 0.821 bits per heavy atom. The van der Waals surface area contributed by atoms with Crippen LogP contribution in [0.1, 0.15) is 10.4 Å². The minimum atomic E-state index is -0.501. The Bertz CT molecular complexity index is 960. The molecule has 0 atom stereocenters. The third kappa shape index (κ3) is 4.85. The molecule has 0 aliphatic heterocycles. The van der Waals surface area contributed by atoms with E-state index in [1.54, 1.807) is 48.5 Å².